The van der Waals surface area contributed by atoms with Gasteiger partial charge >= 0.3 is 11.9 Å². The Morgan fingerprint density at radius 2 is 1.86 bits per heavy atom. The molecule has 0 aromatic heterocycles. The van der Waals surface area contributed by atoms with Crippen LogP contribution in [0.2, 0.25) is 0 Å². The van der Waals surface area contributed by atoms with Gasteiger partial charge < -0.3 is 24.4 Å². The highest BCUT2D eigenvalue weighted by Gasteiger charge is 2.25. The van der Waals surface area contributed by atoms with E-state index in [9.17, 15) is 24.5 Å². The van der Waals surface area contributed by atoms with Crippen molar-refractivity contribution in [1.29, 1.82) is 0 Å². The minimum absolute atomic E-state index is 0.0270. The zero-order valence-corrected chi connectivity index (χ0v) is 24.6. The van der Waals surface area contributed by atoms with Crippen LogP contribution in [0.15, 0.2) is 48.5 Å². The molecule has 0 saturated carbocycles. The topological polar surface area (TPSA) is 147 Å². The molecule has 1 aliphatic heterocycles. The van der Waals surface area contributed by atoms with Gasteiger partial charge in [-0.25, -0.2) is 4.79 Å². The first-order valence-electron chi connectivity index (χ1n) is 14.4. The van der Waals surface area contributed by atoms with Crippen LogP contribution in [0.5, 0.6) is 11.5 Å². The number of likely N-dealkylation sites (tertiary alicyclic amines) is 1. The number of hydrogen-bond donors (Lipinski definition) is 1. The van der Waals surface area contributed by atoms with Crippen molar-refractivity contribution in [2.45, 2.75) is 51.6 Å². The molecule has 12 heteroatoms. The average molecular weight is 598 g/mol. The number of nitrogens with zero attached hydrogens (tertiary/aromatic N) is 2. The summed E-state index contributed by atoms with van der Waals surface area (Å²) in [7, 11) is 1.43. The predicted molar refractivity (Wildman–Crippen MR) is 158 cm³/mol. The van der Waals surface area contributed by atoms with Gasteiger partial charge in [-0.05, 0) is 68.6 Å². The molecule has 2 aromatic carbocycles. The highest BCUT2D eigenvalue weighted by molar-refractivity contribution is 5.93. The van der Waals surface area contributed by atoms with Crippen LogP contribution in [0.4, 0.5) is 0 Å². The number of piperidine rings is 1. The maximum absolute atomic E-state index is 13.4. The van der Waals surface area contributed by atoms with E-state index in [2.05, 4.69) is 22.0 Å². The van der Waals surface area contributed by atoms with Crippen molar-refractivity contribution < 1.29 is 38.5 Å². The molecule has 1 heterocycles. The Labute approximate surface area is 251 Å². The number of hydrogen-bond acceptors (Lipinski definition) is 10. The third-order valence-electron chi connectivity index (χ3n) is 6.84. The lowest BCUT2D eigenvalue weighted by Crippen LogP contribution is -2.35. The first kappa shape index (κ1) is 33.1. The molecular formula is C31H39N3O9. The maximum atomic E-state index is 13.4. The lowest BCUT2D eigenvalue weighted by atomic mass is 9.98. The van der Waals surface area contributed by atoms with Crippen molar-refractivity contribution >= 4 is 23.9 Å². The van der Waals surface area contributed by atoms with Crippen LogP contribution in [0.3, 0.4) is 0 Å². The summed E-state index contributed by atoms with van der Waals surface area (Å²) >= 11 is 0. The molecule has 12 nitrogen and oxygen atoms in total. The molecule has 1 fully saturated rings. The minimum Gasteiger partial charge on any atom is -0.493 e. The Balaban J connectivity index is 1.70. The highest BCUT2D eigenvalue weighted by Crippen LogP contribution is 2.32. The normalized spacial score (nSPS) is 14.1. The first-order chi connectivity index (χ1) is 20.8. The number of unbranched alkanes of at least 4 members (excludes halogenated alkanes) is 1. The average Bonchev–Trinajstić information content (AvgIpc) is 3.01. The van der Waals surface area contributed by atoms with Gasteiger partial charge in [-0.1, -0.05) is 44.0 Å². The minimum atomic E-state index is -0.932. The molecule has 1 aliphatic rings. The SMILES string of the molecule is CCCCC(OC(=O)CN1CCCCC1)c1ccccc1C(=O)Oc1ccc(/C=C/C(=O)NCCO[N+](=O)[O-])cc1OC. The van der Waals surface area contributed by atoms with E-state index in [1.807, 2.05) is 0 Å². The fraction of sp³-hybridized carbons (Fsp3) is 0.452. The number of nitrogens with one attached hydrogen (secondary N) is 1. The molecule has 1 N–H and O–H groups in total. The van der Waals surface area contributed by atoms with Crippen molar-refractivity contribution in [2.24, 2.45) is 0 Å². The molecule has 232 valence electrons. The number of benzene rings is 2. The summed E-state index contributed by atoms with van der Waals surface area (Å²) in [5.74, 6) is -0.958. The third-order valence-corrected chi connectivity index (χ3v) is 6.84. The lowest BCUT2D eigenvalue weighted by Gasteiger charge is -2.27. The largest absolute Gasteiger partial charge is 0.493 e. The van der Waals surface area contributed by atoms with Crippen LogP contribution in [0.25, 0.3) is 6.08 Å². The van der Waals surface area contributed by atoms with Crippen LogP contribution in [0, 0.1) is 10.1 Å². The summed E-state index contributed by atoms with van der Waals surface area (Å²) in [6, 6.07) is 11.8. The number of ether oxygens (including phenoxy) is 3. The fourth-order valence-corrected chi connectivity index (χ4v) is 4.68. The zero-order valence-electron chi connectivity index (χ0n) is 24.6. The van der Waals surface area contributed by atoms with Crippen molar-refractivity contribution in [1.82, 2.24) is 10.2 Å². The molecular weight excluding hydrogens is 558 g/mol. The summed E-state index contributed by atoms with van der Waals surface area (Å²) in [4.78, 5) is 54.6. The maximum Gasteiger partial charge on any atom is 0.344 e. The van der Waals surface area contributed by atoms with Gasteiger partial charge in [-0.15, -0.1) is 10.1 Å². The van der Waals surface area contributed by atoms with E-state index >= 15 is 0 Å². The second-order valence-electron chi connectivity index (χ2n) is 10.0. The van der Waals surface area contributed by atoms with E-state index in [4.69, 9.17) is 14.2 Å². The second kappa shape index (κ2) is 17.5. The zero-order chi connectivity index (χ0) is 31.0. The van der Waals surface area contributed by atoms with Crippen LogP contribution in [-0.4, -0.2) is 67.7 Å². The standard InChI is InChI=1S/C31H39N3O9/c1-3-4-12-26(42-30(36)22-33-18-8-5-9-19-33)24-10-6-7-11-25(24)31(37)43-27-15-13-23(21-28(27)40-2)14-16-29(35)32-17-20-41-34(38)39/h6-7,10-11,13-16,21,26H,3-5,8-9,12,17-20,22H2,1-2H3,(H,32,35)/b16-14+. The molecule has 1 unspecified atom stereocenters. The Morgan fingerprint density at radius 1 is 1.09 bits per heavy atom. The van der Waals surface area contributed by atoms with Gasteiger partial charge in [0.15, 0.2) is 11.5 Å². The van der Waals surface area contributed by atoms with Crippen LogP contribution in [-0.2, 0) is 19.2 Å². The van der Waals surface area contributed by atoms with Crippen molar-refractivity contribution in [3.63, 3.8) is 0 Å². The molecule has 1 saturated heterocycles. The summed E-state index contributed by atoms with van der Waals surface area (Å²) in [6.07, 6.45) is 7.80. The fourth-order valence-electron chi connectivity index (χ4n) is 4.68. The Kier molecular flexibility index (Phi) is 13.4. The summed E-state index contributed by atoms with van der Waals surface area (Å²) < 4.78 is 17.1. The van der Waals surface area contributed by atoms with Gasteiger partial charge in [0.05, 0.1) is 19.2 Å². The molecule has 0 aliphatic carbocycles. The summed E-state index contributed by atoms with van der Waals surface area (Å²) in [5, 5.41) is 11.7. The van der Waals surface area contributed by atoms with Crippen LogP contribution in [0.1, 0.15) is 73.0 Å². The second-order valence-corrected chi connectivity index (χ2v) is 10.0. The molecule has 1 atom stereocenters. The molecule has 3 rings (SSSR count). The van der Waals surface area contributed by atoms with E-state index in [1.54, 1.807) is 42.5 Å². The van der Waals surface area contributed by atoms with E-state index in [-0.39, 0.29) is 42.7 Å². The number of rotatable bonds is 16. The van der Waals surface area contributed by atoms with E-state index < -0.39 is 23.1 Å². The molecule has 0 radical (unpaired) electrons. The van der Waals surface area contributed by atoms with Crippen molar-refractivity contribution in [2.75, 3.05) is 39.9 Å². The number of esters is 2. The Morgan fingerprint density at radius 3 is 2.58 bits per heavy atom. The van der Waals surface area contributed by atoms with Crippen LogP contribution < -0.4 is 14.8 Å². The first-order valence-corrected chi connectivity index (χ1v) is 14.4. The molecule has 1 amide bonds. The molecule has 2 aromatic rings. The van der Waals surface area contributed by atoms with Gasteiger partial charge in [0.25, 0.3) is 5.09 Å². The van der Waals surface area contributed by atoms with E-state index in [0.29, 0.717) is 17.5 Å². The van der Waals surface area contributed by atoms with Gasteiger partial charge in [0, 0.05) is 18.2 Å². The number of amides is 1. The van der Waals surface area contributed by atoms with Crippen molar-refractivity contribution in [3.05, 3.63) is 75.3 Å². The summed E-state index contributed by atoms with van der Waals surface area (Å²) in [5.41, 5.74) is 1.47. The van der Waals surface area contributed by atoms with Gasteiger partial charge in [0.1, 0.15) is 12.7 Å². The highest BCUT2D eigenvalue weighted by atomic mass is 16.9. The van der Waals surface area contributed by atoms with Gasteiger partial charge in [-0.2, -0.15) is 0 Å². The number of carbonyl (C=O) groups is 3. The Bertz CT molecular complexity index is 1270. The van der Waals surface area contributed by atoms with E-state index in [0.717, 1.165) is 38.8 Å². The van der Waals surface area contributed by atoms with Gasteiger partial charge in [0.2, 0.25) is 5.91 Å². The van der Waals surface area contributed by atoms with Crippen LogP contribution >= 0.6 is 0 Å². The smallest absolute Gasteiger partial charge is 0.344 e. The molecule has 43 heavy (non-hydrogen) atoms. The monoisotopic (exact) mass is 597 g/mol. The molecule has 0 spiro atoms. The Hall–Kier alpha value is -4.45. The number of methoxy groups -OCH3 is 1. The number of carbonyl (C=O) groups excluding carboxylic acids is 3. The van der Waals surface area contributed by atoms with E-state index in [1.165, 1.54) is 25.7 Å². The quantitative estimate of drug-likeness (QED) is 0.0732. The lowest BCUT2D eigenvalue weighted by molar-refractivity contribution is -0.757. The molecule has 0 bridgehead atoms. The van der Waals surface area contributed by atoms with Gasteiger partial charge in [-0.3, -0.25) is 14.5 Å². The van der Waals surface area contributed by atoms with Crippen molar-refractivity contribution in [3.8, 4) is 11.5 Å². The summed E-state index contributed by atoms with van der Waals surface area (Å²) in [6.45, 7) is 3.75. The third kappa shape index (κ3) is 11.0. The predicted octanol–water partition coefficient (Wildman–Crippen LogP) is 4.51.